The van der Waals surface area contributed by atoms with Crippen molar-refractivity contribution in [3.8, 4) is 11.5 Å². The summed E-state index contributed by atoms with van der Waals surface area (Å²) >= 11 is 0. The van der Waals surface area contributed by atoms with Gasteiger partial charge in [0.2, 0.25) is 5.91 Å². The van der Waals surface area contributed by atoms with E-state index in [-0.39, 0.29) is 11.7 Å². The SMILES string of the molecule is CCCN(CCC)C(=O)[C@H](CO)NC(=O)C1(C)CCc2c(C)c(O)c(C)c(C)c2O1. The molecule has 1 heterocycles. The summed E-state index contributed by atoms with van der Waals surface area (Å²) < 4.78 is 6.18. The maximum Gasteiger partial charge on any atom is 0.264 e. The van der Waals surface area contributed by atoms with Crippen LogP contribution >= 0.6 is 0 Å². The van der Waals surface area contributed by atoms with E-state index < -0.39 is 24.2 Å². The van der Waals surface area contributed by atoms with Crippen molar-refractivity contribution in [1.82, 2.24) is 10.2 Å². The number of nitrogens with zero attached hydrogens (tertiary/aromatic N) is 1. The largest absolute Gasteiger partial charge is 0.507 e. The Morgan fingerprint density at radius 2 is 1.73 bits per heavy atom. The molecule has 3 N–H and O–H groups in total. The van der Waals surface area contributed by atoms with Crippen molar-refractivity contribution in [1.29, 1.82) is 0 Å². The van der Waals surface area contributed by atoms with Crippen LogP contribution in [0.25, 0.3) is 0 Å². The third-order valence-corrected chi connectivity index (χ3v) is 6.08. The Morgan fingerprint density at radius 1 is 1.13 bits per heavy atom. The average Bonchev–Trinajstić information content (AvgIpc) is 2.73. The van der Waals surface area contributed by atoms with Crippen molar-refractivity contribution in [3.05, 3.63) is 22.3 Å². The van der Waals surface area contributed by atoms with Crippen LogP contribution in [0.3, 0.4) is 0 Å². The number of nitrogens with one attached hydrogen (secondary N) is 1. The minimum Gasteiger partial charge on any atom is -0.507 e. The minimum atomic E-state index is -1.17. The van der Waals surface area contributed by atoms with Gasteiger partial charge in [-0.1, -0.05) is 13.8 Å². The predicted molar refractivity (Wildman–Crippen MR) is 116 cm³/mol. The lowest BCUT2D eigenvalue weighted by atomic mass is 9.86. The fourth-order valence-electron chi connectivity index (χ4n) is 4.00. The van der Waals surface area contributed by atoms with Crippen LogP contribution in [0.15, 0.2) is 0 Å². The normalized spacial score (nSPS) is 18.9. The average molecular weight is 421 g/mol. The van der Waals surface area contributed by atoms with E-state index in [1.54, 1.807) is 11.8 Å². The van der Waals surface area contributed by atoms with Crippen LogP contribution in [-0.2, 0) is 16.0 Å². The number of phenols is 1. The second-order valence-electron chi connectivity index (χ2n) is 8.40. The first-order valence-electron chi connectivity index (χ1n) is 10.8. The molecule has 1 aliphatic heterocycles. The molecule has 1 aromatic carbocycles. The molecule has 0 radical (unpaired) electrons. The highest BCUT2D eigenvalue weighted by Crippen LogP contribution is 2.43. The van der Waals surface area contributed by atoms with Crippen molar-refractivity contribution in [2.75, 3.05) is 19.7 Å². The molecule has 2 rings (SSSR count). The number of aromatic hydroxyl groups is 1. The molecule has 0 spiro atoms. The molecule has 168 valence electrons. The summed E-state index contributed by atoms with van der Waals surface area (Å²) in [4.78, 5) is 27.6. The standard InChI is InChI=1S/C23H36N2O5/c1-7-11-25(12-8-2)21(28)18(13-26)24-22(29)23(6)10-9-17-16(5)19(27)14(3)15(4)20(17)30-23/h18,26-27H,7-13H2,1-6H3,(H,24,29)/t18-,23?/m0/s1. The summed E-state index contributed by atoms with van der Waals surface area (Å²) in [6, 6.07) is -0.998. The van der Waals surface area contributed by atoms with E-state index in [1.807, 2.05) is 34.6 Å². The number of benzene rings is 1. The highest BCUT2D eigenvalue weighted by molar-refractivity contribution is 5.92. The Kier molecular flexibility index (Phi) is 7.75. The Hall–Kier alpha value is -2.28. The lowest BCUT2D eigenvalue weighted by Gasteiger charge is -2.37. The van der Waals surface area contributed by atoms with Gasteiger partial charge in [-0.3, -0.25) is 9.59 Å². The fourth-order valence-corrected chi connectivity index (χ4v) is 4.00. The summed E-state index contributed by atoms with van der Waals surface area (Å²) in [7, 11) is 0. The highest BCUT2D eigenvalue weighted by Gasteiger charge is 2.42. The monoisotopic (exact) mass is 420 g/mol. The molecule has 1 aromatic rings. The van der Waals surface area contributed by atoms with Gasteiger partial charge in [0.05, 0.1) is 6.61 Å². The molecule has 7 nitrogen and oxygen atoms in total. The zero-order chi connectivity index (χ0) is 22.6. The zero-order valence-corrected chi connectivity index (χ0v) is 19.1. The molecule has 0 aromatic heterocycles. The third-order valence-electron chi connectivity index (χ3n) is 6.08. The van der Waals surface area contributed by atoms with Crippen LogP contribution < -0.4 is 10.1 Å². The molecule has 30 heavy (non-hydrogen) atoms. The molecule has 2 amide bonds. The van der Waals surface area contributed by atoms with Gasteiger partial charge >= 0.3 is 0 Å². The van der Waals surface area contributed by atoms with Gasteiger partial charge in [-0.25, -0.2) is 0 Å². The van der Waals surface area contributed by atoms with Gasteiger partial charge in [-0.2, -0.15) is 0 Å². The fraction of sp³-hybridized carbons (Fsp3) is 0.652. The van der Waals surface area contributed by atoms with Crippen LogP contribution in [0.2, 0.25) is 0 Å². The van der Waals surface area contributed by atoms with Crippen molar-refractivity contribution < 1.29 is 24.5 Å². The van der Waals surface area contributed by atoms with E-state index in [9.17, 15) is 19.8 Å². The van der Waals surface area contributed by atoms with Gasteiger partial charge in [0.15, 0.2) is 5.60 Å². The highest BCUT2D eigenvalue weighted by atomic mass is 16.5. The summed E-state index contributed by atoms with van der Waals surface area (Å²) in [6.07, 6.45) is 2.60. The van der Waals surface area contributed by atoms with E-state index in [0.29, 0.717) is 31.7 Å². The lowest BCUT2D eigenvalue weighted by Crippen LogP contribution is -2.58. The maximum absolute atomic E-state index is 13.1. The van der Waals surface area contributed by atoms with E-state index in [4.69, 9.17) is 4.74 Å². The Morgan fingerprint density at radius 3 is 2.27 bits per heavy atom. The molecule has 7 heteroatoms. The number of ether oxygens (including phenoxy) is 1. The van der Waals surface area contributed by atoms with E-state index in [2.05, 4.69) is 5.32 Å². The van der Waals surface area contributed by atoms with Crippen LogP contribution in [0, 0.1) is 20.8 Å². The quantitative estimate of drug-likeness (QED) is 0.600. The number of phenolic OH excluding ortho intramolecular Hbond substituents is 1. The van der Waals surface area contributed by atoms with E-state index in [0.717, 1.165) is 35.1 Å². The van der Waals surface area contributed by atoms with Crippen LogP contribution in [0.5, 0.6) is 11.5 Å². The van der Waals surface area contributed by atoms with E-state index >= 15 is 0 Å². The minimum absolute atomic E-state index is 0.265. The first-order chi connectivity index (χ1) is 14.1. The molecular formula is C23H36N2O5. The zero-order valence-electron chi connectivity index (χ0n) is 19.1. The first-order valence-corrected chi connectivity index (χ1v) is 10.8. The molecule has 1 aliphatic rings. The second kappa shape index (κ2) is 9.69. The number of aliphatic hydroxyl groups is 1. The number of hydrogen-bond donors (Lipinski definition) is 3. The van der Waals surface area contributed by atoms with Crippen LogP contribution in [-0.4, -0.2) is 58.3 Å². The number of hydrogen-bond acceptors (Lipinski definition) is 5. The topological polar surface area (TPSA) is 99.1 Å². The van der Waals surface area contributed by atoms with Crippen molar-refractivity contribution in [2.45, 2.75) is 78.9 Å². The van der Waals surface area contributed by atoms with Gasteiger partial charge in [-0.15, -0.1) is 0 Å². The molecule has 0 aliphatic carbocycles. The van der Waals surface area contributed by atoms with Crippen molar-refractivity contribution >= 4 is 11.8 Å². The van der Waals surface area contributed by atoms with Crippen LogP contribution in [0.4, 0.5) is 0 Å². The number of carbonyl (C=O) groups excluding carboxylic acids is 2. The second-order valence-corrected chi connectivity index (χ2v) is 8.40. The first kappa shape index (κ1) is 24.0. The molecule has 0 fully saturated rings. The number of aliphatic hydroxyl groups excluding tert-OH is 1. The van der Waals surface area contributed by atoms with E-state index in [1.165, 1.54) is 0 Å². The predicted octanol–water partition coefficient (Wildman–Crippen LogP) is 2.53. The summed E-state index contributed by atoms with van der Waals surface area (Å²) in [5.41, 5.74) is 2.05. The molecule has 1 unspecified atom stereocenters. The summed E-state index contributed by atoms with van der Waals surface area (Å²) in [5.74, 6) is 0.191. The smallest absolute Gasteiger partial charge is 0.264 e. The summed E-state index contributed by atoms with van der Waals surface area (Å²) in [6.45, 7) is 11.9. The van der Waals surface area contributed by atoms with Gasteiger partial charge in [0, 0.05) is 25.1 Å². The molecule has 0 bridgehead atoms. The number of carbonyl (C=O) groups is 2. The van der Waals surface area contributed by atoms with Crippen molar-refractivity contribution in [3.63, 3.8) is 0 Å². The van der Waals surface area contributed by atoms with Gasteiger partial charge < -0.3 is 25.2 Å². The van der Waals surface area contributed by atoms with Crippen LogP contribution in [0.1, 0.15) is 62.3 Å². The molecule has 0 saturated carbocycles. The number of rotatable bonds is 8. The third kappa shape index (κ3) is 4.56. The molecule has 2 atom stereocenters. The molecular weight excluding hydrogens is 384 g/mol. The number of fused-ring (bicyclic) bond motifs is 1. The Balaban J connectivity index is 2.23. The molecule has 0 saturated heterocycles. The van der Waals surface area contributed by atoms with Crippen molar-refractivity contribution in [2.24, 2.45) is 0 Å². The van der Waals surface area contributed by atoms with Gasteiger partial charge in [0.25, 0.3) is 5.91 Å². The van der Waals surface area contributed by atoms with Gasteiger partial charge in [0.1, 0.15) is 17.5 Å². The summed E-state index contributed by atoms with van der Waals surface area (Å²) in [5, 5.41) is 22.8. The lowest BCUT2D eigenvalue weighted by molar-refractivity contribution is -0.144. The maximum atomic E-state index is 13.1. The Labute approximate surface area is 179 Å². The van der Waals surface area contributed by atoms with Gasteiger partial charge in [-0.05, 0) is 63.6 Å². The number of amides is 2. The Bertz CT molecular complexity index is 802.